The van der Waals surface area contributed by atoms with Crippen LogP contribution in [-0.4, -0.2) is 14.7 Å². The number of aromatic nitrogens is 2. The third-order valence-corrected chi connectivity index (χ3v) is 5.41. The lowest BCUT2D eigenvalue weighted by atomic mass is 9.87. The largest absolute Gasteiger partial charge is 0.494 e. The summed E-state index contributed by atoms with van der Waals surface area (Å²) in [6.45, 7) is 8.70. The number of hydrogen-bond donors (Lipinski definition) is 2. The van der Waals surface area contributed by atoms with Gasteiger partial charge in [0.25, 0.3) is 0 Å². The minimum Gasteiger partial charge on any atom is -0.494 e. The fourth-order valence-electron chi connectivity index (χ4n) is 3.66. The third-order valence-electron chi connectivity index (χ3n) is 5.41. The van der Waals surface area contributed by atoms with Crippen LogP contribution in [0.25, 0.3) is 16.5 Å². The van der Waals surface area contributed by atoms with Gasteiger partial charge in [0, 0.05) is 41.4 Å². The summed E-state index contributed by atoms with van der Waals surface area (Å²) in [5.41, 5.74) is 4.37. The summed E-state index contributed by atoms with van der Waals surface area (Å²) in [6.07, 6.45) is 5.58. The van der Waals surface area contributed by atoms with Gasteiger partial charge in [-0.15, -0.1) is 0 Å². The molecule has 2 aromatic heterocycles. The SMILES string of the molecule is C[C@@H](Nc1cccc2cn(-c3ccc(C(C)(C)C)cc3)c(O)c12)c1ccncc1. The van der Waals surface area contributed by atoms with Gasteiger partial charge in [0.1, 0.15) is 0 Å². The Bertz CT molecular complexity index is 1120. The molecule has 0 amide bonds. The Morgan fingerprint density at radius 3 is 2.31 bits per heavy atom. The highest BCUT2D eigenvalue weighted by Crippen LogP contribution is 2.37. The molecule has 4 nitrogen and oxygen atoms in total. The molecule has 0 unspecified atom stereocenters. The summed E-state index contributed by atoms with van der Waals surface area (Å²) in [4.78, 5) is 4.09. The van der Waals surface area contributed by atoms with Crippen molar-refractivity contribution in [3.05, 3.63) is 84.3 Å². The Morgan fingerprint density at radius 2 is 1.66 bits per heavy atom. The zero-order valence-corrected chi connectivity index (χ0v) is 17.3. The van der Waals surface area contributed by atoms with Gasteiger partial charge in [-0.3, -0.25) is 9.55 Å². The second-order valence-electron chi connectivity index (χ2n) is 8.54. The summed E-state index contributed by atoms with van der Waals surface area (Å²) in [6, 6.07) is 18.5. The van der Waals surface area contributed by atoms with Crippen LogP contribution in [-0.2, 0) is 5.41 Å². The number of aromatic hydroxyl groups is 1. The van der Waals surface area contributed by atoms with Crippen molar-refractivity contribution < 1.29 is 5.11 Å². The van der Waals surface area contributed by atoms with Crippen LogP contribution in [0, 0.1) is 0 Å². The predicted octanol–water partition coefficient (Wildman–Crippen LogP) is 6.20. The van der Waals surface area contributed by atoms with E-state index in [1.54, 1.807) is 12.4 Å². The van der Waals surface area contributed by atoms with Crippen molar-refractivity contribution in [3.63, 3.8) is 0 Å². The molecule has 1 atom stereocenters. The van der Waals surface area contributed by atoms with Crippen molar-refractivity contribution in [2.24, 2.45) is 0 Å². The van der Waals surface area contributed by atoms with Gasteiger partial charge in [0.2, 0.25) is 5.88 Å². The minimum absolute atomic E-state index is 0.0948. The second kappa shape index (κ2) is 7.28. The predicted molar refractivity (Wildman–Crippen MR) is 120 cm³/mol. The quantitative estimate of drug-likeness (QED) is 0.439. The zero-order chi connectivity index (χ0) is 20.6. The zero-order valence-electron chi connectivity index (χ0n) is 17.3. The summed E-state index contributed by atoms with van der Waals surface area (Å²) < 4.78 is 1.85. The lowest BCUT2D eigenvalue weighted by Crippen LogP contribution is -2.10. The topological polar surface area (TPSA) is 50.1 Å². The monoisotopic (exact) mass is 385 g/mol. The van der Waals surface area contributed by atoms with E-state index in [0.29, 0.717) is 0 Å². The van der Waals surface area contributed by atoms with Crippen LogP contribution >= 0.6 is 0 Å². The van der Waals surface area contributed by atoms with Crippen LogP contribution in [0.4, 0.5) is 5.69 Å². The van der Waals surface area contributed by atoms with E-state index in [2.05, 4.69) is 62.3 Å². The van der Waals surface area contributed by atoms with Crippen molar-refractivity contribution in [3.8, 4) is 11.6 Å². The second-order valence-corrected chi connectivity index (χ2v) is 8.54. The average Bonchev–Trinajstić information content (AvgIpc) is 3.06. The van der Waals surface area contributed by atoms with E-state index in [1.165, 1.54) is 5.56 Å². The van der Waals surface area contributed by atoms with E-state index >= 15 is 0 Å². The molecule has 0 bridgehead atoms. The van der Waals surface area contributed by atoms with Crippen molar-refractivity contribution in [1.82, 2.24) is 9.55 Å². The Balaban J connectivity index is 1.72. The van der Waals surface area contributed by atoms with Gasteiger partial charge in [-0.1, -0.05) is 45.0 Å². The third kappa shape index (κ3) is 3.70. The molecule has 0 fully saturated rings. The molecular formula is C25H27N3O. The minimum atomic E-state index is 0.0948. The number of hydrogen-bond acceptors (Lipinski definition) is 3. The number of nitrogens with zero attached hydrogens (tertiary/aromatic N) is 2. The normalized spacial score (nSPS) is 12.8. The summed E-state index contributed by atoms with van der Waals surface area (Å²) in [5, 5.41) is 16.4. The molecule has 0 saturated heterocycles. The van der Waals surface area contributed by atoms with Gasteiger partial charge < -0.3 is 10.4 Å². The Kier molecular flexibility index (Phi) is 4.79. The number of anilines is 1. The number of benzene rings is 2. The highest BCUT2D eigenvalue weighted by Gasteiger charge is 2.17. The molecule has 2 N–H and O–H groups in total. The fraction of sp³-hybridized carbons (Fsp3) is 0.240. The highest BCUT2D eigenvalue weighted by atomic mass is 16.3. The fourth-order valence-corrected chi connectivity index (χ4v) is 3.66. The van der Waals surface area contributed by atoms with Crippen LogP contribution in [0.3, 0.4) is 0 Å². The van der Waals surface area contributed by atoms with Crippen LogP contribution in [0.15, 0.2) is 73.2 Å². The molecule has 0 spiro atoms. The lowest BCUT2D eigenvalue weighted by Gasteiger charge is -2.19. The lowest BCUT2D eigenvalue weighted by molar-refractivity contribution is 0.448. The first-order valence-electron chi connectivity index (χ1n) is 9.95. The molecule has 29 heavy (non-hydrogen) atoms. The Hall–Kier alpha value is -3.27. The number of pyridine rings is 1. The van der Waals surface area contributed by atoms with Crippen LogP contribution < -0.4 is 5.32 Å². The summed E-state index contributed by atoms with van der Waals surface area (Å²) in [5.74, 6) is 0.244. The average molecular weight is 386 g/mol. The van der Waals surface area contributed by atoms with Crippen molar-refractivity contribution in [2.45, 2.75) is 39.2 Å². The van der Waals surface area contributed by atoms with Crippen molar-refractivity contribution in [1.29, 1.82) is 0 Å². The molecule has 2 heterocycles. The Morgan fingerprint density at radius 1 is 0.966 bits per heavy atom. The van der Waals surface area contributed by atoms with Gasteiger partial charge in [0.05, 0.1) is 5.39 Å². The maximum Gasteiger partial charge on any atom is 0.205 e. The van der Waals surface area contributed by atoms with Gasteiger partial charge in [-0.25, -0.2) is 0 Å². The van der Waals surface area contributed by atoms with E-state index in [-0.39, 0.29) is 17.3 Å². The molecule has 4 aromatic rings. The first kappa shape index (κ1) is 19.1. The molecule has 0 saturated carbocycles. The van der Waals surface area contributed by atoms with Crippen LogP contribution in [0.5, 0.6) is 5.88 Å². The van der Waals surface area contributed by atoms with Crippen molar-refractivity contribution >= 4 is 16.5 Å². The molecule has 4 heteroatoms. The first-order valence-corrected chi connectivity index (χ1v) is 9.95. The smallest absolute Gasteiger partial charge is 0.205 e. The highest BCUT2D eigenvalue weighted by molar-refractivity contribution is 5.99. The van der Waals surface area contributed by atoms with Gasteiger partial charge in [-0.2, -0.15) is 0 Å². The van der Waals surface area contributed by atoms with E-state index in [4.69, 9.17) is 0 Å². The molecule has 0 aliphatic carbocycles. The molecule has 0 aliphatic rings. The van der Waals surface area contributed by atoms with Gasteiger partial charge in [-0.05, 0) is 53.8 Å². The van der Waals surface area contributed by atoms with E-state index in [1.807, 2.05) is 41.1 Å². The molecule has 4 rings (SSSR count). The van der Waals surface area contributed by atoms with E-state index < -0.39 is 0 Å². The Labute approximate surface area is 171 Å². The molecule has 0 radical (unpaired) electrons. The molecule has 0 aliphatic heterocycles. The maximum atomic E-state index is 11.0. The molecular weight excluding hydrogens is 358 g/mol. The molecule has 148 valence electrons. The van der Waals surface area contributed by atoms with Gasteiger partial charge in [0.15, 0.2) is 0 Å². The number of rotatable bonds is 4. The van der Waals surface area contributed by atoms with E-state index in [9.17, 15) is 5.11 Å². The summed E-state index contributed by atoms with van der Waals surface area (Å²) in [7, 11) is 0. The van der Waals surface area contributed by atoms with Crippen LogP contribution in [0.1, 0.15) is 44.9 Å². The van der Waals surface area contributed by atoms with Gasteiger partial charge >= 0.3 is 0 Å². The summed E-state index contributed by atoms with van der Waals surface area (Å²) >= 11 is 0. The van der Waals surface area contributed by atoms with Crippen molar-refractivity contribution in [2.75, 3.05) is 5.32 Å². The standard InChI is InChI=1S/C25H27N3O/c1-17(18-12-14-26-15-13-18)27-22-7-5-6-19-16-28(24(29)23(19)22)21-10-8-20(9-11-21)25(2,3)4/h5-17,27,29H,1-4H3/t17-/m1/s1. The number of fused-ring (bicyclic) bond motifs is 1. The van der Waals surface area contributed by atoms with E-state index in [0.717, 1.165) is 27.7 Å². The number of nitrogens with one attached hydrogen (secondary N) is 1. The van der Waals surface area contributed by atoms with Crippen LogP contribution in [0.2, 0.25) is 0 Å². The maximum absolute atomic E-state index is 11.0. The first-order chi connectivity index (χ1) is 13.8. The molecule has 2 aromatic carbocycles.